The first-order chi connectivity index (χ1) is 8.31. The van der Waals surface area contributed by atoms with Gasteiger partial charge in [-0.05, 0) is 5.92 Å². The highest BCUT2D eigenvalue weighted by atomic mass is 14.1. The highest BCUT2D eigenvalue weighted by Crippen LogP contribution is 2.17. The summed E-state index contributed by atoms with van der Waals surface area (Å²) in [5, 5.41) is 0. The van der Waals surface area contributed by atoms with Crippen LogP contribution in [-0.4, -0.2) is 0 Å². The van der Waals surface area contributed by atoms with Crippen molar-refractivity contribution in [2.45, 2.75) is 104 Å². The minimum Gasteiger partial charge on any atom is -0.0654 e. The van der Waals surface area contributed by atoms with Gasteiger partial charge in [-0.3, -0.25) is 0 Å². The van der Waals surface area contributed by atoms with Crippen molar-refractivity contribution in [3.8, 4) is 0 Å². The van der Waals surface area contributed by atoms with Crippen LogP contribution in [0.5, 0.6) is 0 Å². The maximum atomic E-state index is 2.44. The molecule has 0 nitrogen and oxygen atoms in total. The van der Waals surface area contributed by atoms with E-state index < -0.39 is 0 Å². The van der Waals surface area contributed by atoms with Crippen LogP contribution in [0.2, 0.25) is 0 Å². The van der Waals surface area contributed by atoms with E-state index in [1.165, 1.54) is 83.5 Å². The second kappa shape index (κ2) is 14.1. The molecule has 0 bridgehead atoms. The lowest BCUT2D eigenvalue weighted by Crippen LogP contribution is -1.94. The average molecular weight is 240 g/mol. The minimum atomic E-state index is 0.974. The first kappa shape index (κ1) is 17.0. The maximum Gasteiger partial charge on any atom is -0.0443 e. The van der Waals surface area contributed by atoms with Gasteiger partial charge in [0.1, 0.15) is 0 Å². The molecule has 104 valence electrons. The Balaban J connectivity index is 3.05. The minimum absolute atomic E-state index is 0.974. The van der Waals surface area contributed by atoms with Gasteiger partial charge in [-0.2, -0.15) is 0 Å². The monoisotopic (exact) mass is 240 g/mol. The Bertz CT molecular complexity index is 128. The Hall–Kier alpha value is 0. The number of unbranched alkanes of at least 4 members (excludes halogenated alkanes) is 9. The quantitative estimate of drug-likeness (QED) is 0.313. The number of hydrogen-bond acceptors (Lipinski definition) is 0. The summed E-state index contributed by atoms with van der Waals surface area (Å²) in [7, 11) is 0. The zero-order valence-electron chi connectivity index (χ0n) is 12.8. The smallest absolute Gasteiger partial charge is 0.0443 e. The molecule has 0 unspecified atom stereocenters. The Morgan fingerprint density at radius 3 is 1.41 bits per heavy atom. The van der Waals surface area contributed by atoms with Gasteiger partial charge in [0.05, 0.1) is 0 Å². The van der Waals surface area contributed by atoms with Crippen molar-refractivity contribution in [3.63, 3.8) is 0 Å². The van der Waals surface area contributed by atoms with Crippen LogP contribution < -0.4 is 0 Å². The molecular weight excluding hydrogens is 204 g/mol. The van der Waals surface area contributed by atoms with E-state index in [9.17, 15) is 0 Å². The van der Waals surface area contributed by atoms with Crippen molar-refractivity contribution in [1.82, 2.24) is 0 Å². The van der Waals surface area contributed by atoms with Crippen LogP contribution in [0.1, 0.15) is 104 Å². The van der Waals surface area contributed by atoms with Crippen molar-refractivity contribution >= 4 is 0 Å². The summed E-state index contributed by atoms with van der Waals surface area (Å²) in [5.41, 5.74) is 0. The summed E-state index contributed by atoms with van der Waals surface area (Å²) in [6.45, 7) is 7.03. The molecule has 0 aliphatic heterocycles. The summed E-state index contributed by atoms with van der Waals surface area (Å²) >= 11 is 0. The molecule has 0 N–H and O–H groups in total. The molecule has 0 heteroatoms. The predicted octanol–water partition coefficient (Wildman–Crippen LogP) is 6.73. The molecule has 0 saturated carbocycles. The fourth-order valence-electron chi connectivity index (χ4n) is 2.51. The van der Waals surface area contributed by atoms with E-state index in [1.807, 2.05) is 0 Å². The topological polar surface area (TPSA) is 0 Å². The average Bonchev–Trinajstić information content (AvgIpc) is 2.33. The van der Waals surface area contributed by atoms with Crippen LogP contribution in [0.15, 0.2) is 0 Å². The summed E-state index contributed by atoms with van der Waals surface area (Å²) in [4.78, 5) is 0. The summed E-state index contributed by atoms with van der Waals surface area (Å²) in [6, 6.07) is 0. The Kier molecular flexibility index (Phi) is 14.1. The van der Waals surface area contributed by atoms with Crippen molar-refractivity contribution in [2.24, 2.45) is 5.92 Å². The summed E-state index contributed by atoms with van der Waals surface area (Å²) in [6.07, 6.45) is 18.8. The van der Waals surface area contributed by atoms with E-state index >= 15 is 0 Å². The molecule has 1 atom stereocenters. The molecule has 0 radical (unpaired) electrons. The molecule has 0 fully saturated rings. The normalized spacial score (nSPS) is 12.9. The van der Waals surface area contributed by atoms with Gasteiger partial charge in [0.2, 0.25) is 0 Å². The first-order valence-corrected chi connectivity index (χ1v) is 8.31. The largest absolute Gasteiger partial charge is 0.0654 e. The molecule has 0 aromatic heterocycles. The molecule has 0 spiro atoms. The fraction of sp³-hybridized carbons (Fsp3) is 1.00. The van der Waals surface area contributed by atoms with Gasteiger partial charge >= 0.3 is 0 Å². The lowest BCUT2D eigenvalue weighted by Gasteiger charge is -2.10. The van der Waals surface area contributed by atoms with E-state index in [-0.39, 0.29) is 0 Å². The molecule has 0 aromatic rings. The van der Waals surface area contributed by atoms with Crippen molar-refractivity contribution < 1.29 is 0 Å². The fourth-order valence-corrected chi connectivity index (χ4v) is 2.51. The van der Waals surface area contributed by atoms with Gasteiger partial charge < -0.3 is 0 Å². The van der Waals surface area contributed by atoms with Crippen LogP contribution in [0.25, 0.3) is 0 Å². The molecule has 0 saturated heterocycles. The van der Waals surface area contributed by atoms with Crippen molar-refractivity contribution in [1.29, 1.82) is 0 Å². The van der Waals surface area contributed by atoms with Crippen LogP contribution in [0.4, 0.5) is 0 Å². The lowest BCUT2D eigenvalue weighted by molar-refractivity contribution is 0.436. The zero-order valence-corrected chi connectivity index (χ0v) is 12.8. The highest BCUT2D eigenvalue weighted by Gasteiger charge is 2.01. The van der Waals surface area contributed by atoms with Crippen molar-refractivity contribution in [2.75, 3.05) is 0 Å². The van der Waals surface area contributed by atoms with E-state index in [0.29, 0.717) is 0 Å². The lowest BCUT2D eigenvalue weighted by atomic mass is 9.96. The Morgan fingerprint density at radius 1 is 0.529 bits per heavy atom. The summed E-state index contributed by atoms with van der Waals surface area (Å²) < 4.78 is 0. The Morgan fingerprint density at radius 2 is 0.882 bits per heavy atom. The standard InChI is InChI=1S/C17H36/c1-4-6-8-9-10-11-12-14-16-17(3)15-13-7-5-2/h17H,4-16H2,1-3H3/t17-/m1/s1. The van der Waals surface area contributed by atoms with E-state index in [0.717, 1.165) is 5.92 Å². The van der Waals surface area contributed by atoms with Gasteiger partial charge in [0, 0.05) is 0 Å². The molecule has 0 aliphatic carbocycles. The molecular formula is C17H36. The Labute approximate surface area is 111 Å². The van der Waals surface area contributed by atoms with Gasteiger partial charge in [-0.15, -0.1) is 0 Å². The molecule has 0 rings (SSSR count). The van der Waals surface area contributed by atoms with E-state index in [2.05, 4.69) is 20.8 Å². The maximum absolute atomic E-state index is 2.44. The third-order valence-electron chi connectivity index (χ3n) is 3.85. The third-order valence-corrected chi connectivity index (χ3v) is 3.85. The van der Waals surface area contributed by atoms with Crippen molar-refractivity contribution in [3.05, 3.63) is 0 Å². The number of hydrogen-bond donors (Lipinski definition) is 0. The second-order valence-electron chi connectivity index (χ2n) is 5.86. The van der Waals surface area contributed by atoms with Gasteiger partial charge in [0.25, 0.3) is 0 Å². The molecule has 17 heavy (non-hydrogen) atoms. The van der Waals surface area contributed by atoms with Crippen LogP contribution >= 0.6 is 0 Å². The van der Waals surface area contributed by atoms with E-state index in [4.69, 9.17) is 0 Å². The molecule has 0 aliphatic rings. The summed E-state index contributed by atoms with van der Waals surface area (Å²) in [5.74, 6) is 0.974. The van der Waals surface area contributed by atoms with Crippen LogP contribution in [0.3, 0.4) is 0 Å². The predicted molar refractivity (Wildman–Crippen MR) is 80.5 cm³/mol. The highest BCUT2D eigenvalue weighted by molar-refractivity contribution is 4.55. The van der Waals surface area contributed by atoms with Gasteiger partial charge in [0.15, 0.2) is 0 Å². The molecule has 0 amide bonds. The van der Waals surface area contributed by atoms with E-state index in [1.54, 1.807) is 0 Å². The zero-order chi connectivity index (χ0) is 12.8. The first-order valence-electron chi connectivity index (χ1n) is 8.31. The van der Waals surface area contributed by atoms with Gasteiger partial charge in [-0.1, -0.05) is 104 Å². The van der Waals surface area contributed by atoms with Crippen LogP contribution in [-0.2, 0) is 0 Å². The molecule has 0 aromatic carbocycles. The number of rotatable bonds is 13. The third kappa shape index (κ3) is 13.9. The molecule has 0 heterocycles. The van der Waals surface area contributed by atoms with Crippen LogP contribution in [0, 0.1) is 5.92 Å². The second-order valence-corrected chi connectivity index (χ2v) is 5.86. The van der Waals surface area contributed by atoms with Gasteiger partial charge in [-0.25, -0.2) is 0 Å². The SMILES string of the molecule is CCCCCCCCCC[C@H](C)CCCCC.